The van der Waals surface area contributed by atoms with Crippen LogP contribution in [0.5, 0.6) is 0 Å². The highest BCUT2D eigenvalue weighted by molar-refractivity contribution is 5.76. The first-order valence-electron chi connectivity index (χ1n) is 6.85. The van der Waals surface area contributed by atoms with E-state index in [0.29, 0.717) is 13.1 Å². The molecule has 0 fully saturated rings. The summed E-state index contributed by atoms with van der Waals surface area (Å²) in [4.78, 5) is 25.4. The summed E-state index contributed by atoms with van der Waals surface area (Å²) in [6.07, 6.45) is 2.82. The van der Waals surface area contributed by atoms with Crippen LogP contribution in [0.4, 0.5) is 4.79 Å². The normalized spacial score (nSPS) is 19.7. The fourth-order valence-electron chi connectivity index (χ4n) is 1.56. The van der Waals surface area contributed by atoms with Crippen LogP contribution in [0.1, 0.15) is 41.5 Å². The molecule has 0 saturated heterocycles. The third-order valence-electron chi connectivity index (χ3n) is 2.60. The van der Waals surface area contributed by atoms with E-state index in [4.69, 9.17) is 9.47 Å². The number of ether oxygens (including phenoxy) is 2. The van der Waals surface area contributed by atoms with Crippen LogP contribution < -0.4 is 0 Å². The minimum atomic E-state index is -0.554. The molecule has 1 aliphatic rings. The molecular formula is C15H25NO4. The second-order valence-corrected chi connectivity index (χ2v) is 7.01. The topological polar surface area (TPSA) is 55.8 Å². The number of nitrogens with zero attached hydrogens (tertiary/aromatic N) is 1. The first-order valence-corrected chi connectivity index (χ1v) is 6.85. The van der Waals surface area contributed by atoms with Gasteiger partial charge in [-0.1, -0.05) is 6.08 Å². The van der Waals surface area contributed by atoms with Crippen molar-refractivity contribution in [1.82, 2.24) is 4.90 Å². The van der Waals surface area contributed by atoms with E-state index in [1.807, 2.05) is 32.9 Å². The number of carbonyl (C=O) groups excluding carboxylic acids is 2. The van der Waals surface area contributed by atoms with Gasteiger partial charge in [-0.05, 0) is 47.6 Å². The Hall–Kier alpha value is -1.52. The molecule has 0 unspecified atom stereocenters. The lowest BCUT2D eigenvalue weighted by atomic mass is 9.97. The highest BCUT2D eigenvalue weighted by Gasteiger charge is 2.30. The Kier molecular flexibility index (Phi) is 4.84. The van der Waals surface area contributed by atoms with Crippen molar-refractivity contribution in [3.8, 4) is 0 Å². The fourth-order valence-corrected chi connectivity index (χ4v) is 1.56. The first kappa shape index (κ1) is 16.5. The third-order valence-corrected chi connectivity index (χ3v) is 2.60. The van der Waals surface area contributed by atoms with E-state index < -0.39 is 23.2 Å². The SMILES string of the molecule is CC(C)(C)OC(=O)N1CC=C[C@H](OC(=O)C(C)(C)C)C1. The third kappa shape index (κ3) is 5.23. The maximum atomic E-state index is 12.0. The summed E-state index contributed by atoms with van der Waals surface area (Å²) in [5, 5.41) is 0. The zero-order valence-electron chi connectivity index (χ0n) is 13.2. The highest BCUT2D eigenvalue weighted by atomic mass is 16.6. The maximum Gasteiger partial charge on any atom is 0.410 e. The zero-order chi connectivity index (χ0) is 15.6. The van der Waals surface area contributed by atoms with E-state index in [0.717, 1.165) is 0 Å². The molecule has 20 heavy (non-hydrogen) atoms. The molecule has 5 nitrogen and oxygen atoms in total. The Morgan fingerprint density at radius 2 is 1.75 bits per heavy atom. The summed E-state index contributed by atoms with van der Waals surface area (Å²) in [5.41, 5.74) is -1.09. The lowest BCUT2D eigenvalue weighted by Crippen LogP contribution is -2.44. The largest absolute Gasteiger partial charge is 0.456 e. The van der Waals surface area contributed by atoms with Gasteiger partial charge in [0.05, 0.1) is 12.0 Å². The van der Waals surface area contributed by atoms with Crippen molar-refractivity contribution in [3.63, 3.8) is 0 Å². The molecule has 0 aromatic heterocycles. The molecule has 0 N–H and O–H groups in total. The van der Waals surface area contributed by atoms with Gasteiger partial charge in [-0.25, -0.2) is 4.79 Å². The minimum absolute atomic E-state index is 0.279. The van der Waals surface area contributed by atoms with Crippen LogP contribution in [0, 0.1) is 5.41 Å². The number of amides is 1. The molecule has 0 aliphatic carbocycles. The summed E-state index contributed by atoms with van der Waals surface area (Å²) in [5.74, 6) is -0.279. The van der Waals surface area contributed by atoms with Crippen LogP contribution in [0.15, 0.2) is 12.2 Å². The zero-order valence-corrected chi connectivity index (χ0v) is 13.2. The van der Waals surface area contributed by atoms with Crippen LogP contribution in [0.3, 0.4) is 0 Å². The van der Waals surface area contributed by atoms with Crippen LogP contribution in [-0.4, -0.2) is 41.8 Å². The average molecular weight is 283 g/mol. The Morgan fingerprint density at radius 1 is 1.15 bits per heavy atom. The minimum Gasteiger partial charge on any atom is -0.456 e. The van der Waals surface area contributed by atoms with Crippen molar-refractivity contribution in [2.45, 2.75) is 53.2 Å². The molecule has 1 rings (SSSR count). The molecule has 114 valence electrons. The van der Waals surface area contributed by atoms with Crippen molar-refractivity contribution in [2.75, 3.05) is 13.1 Å². The van der Waals surface area contributed by atoms with Gasteiger partial charge < -0.3 is 14.4 Å². The predicted octanol–water partition coefficient (Wildman–Crippen LogP) is 2.75. The van der Waals surface area contributed by atoms with E-state index in [2.05, 4.69) is 0 Å². The van der Waals surface area contributed by atoms with Gasteiger partial charge in [0.25, 0.3) is 0 Å². The molecule has 1 amide bonds. The van der Waals surface area contributed by atoms with Crippen LogP contribution in [0.25, 0.3) is 0 Å². The van der Waals surface area contributed by atoms with Gasteiger partial charge in [0.2, 0.25) is 0 Å². The van der Waals surface area contributed by atoms with E-state index in [9.17, 15) is 9.59 Å². The summed E-state index contributed by atoms with van der Waals surface area (Å²) in [7, 11) is 0. The highest BCUT2D eigenvalue weighted by Crippen LogP contribution is 2.19. The van der Waals surface area contributed by atoms with Gasteiger partial charge in [-0.15, -0.1) is 0 Å². The molecule has 0 saturated carbocycles. The van der Waals surface area contributed by atoms with Gasteiger partial charge in [0.15, 0.2) is 0 Å². The van der Waals surface area contributed by atoms with Gasteiger partial charge in [-0.3, -0.25) is 4.79 Å². The smallest absolute Gasteiger partial charge is 0.410 e. The molecule has 5 heteroatoms. The van der Waals surface area contributed by atoms with Crippen molar-refractivity contribution in [3.05, 3.63) is 12.2 Å². The van der Waals surface area contributed by atoms with Crippen LogP contribution in [-0.2, 0) is 14.3 Å². The Labute approximate surface area is 120 Å². The maximum absolute atomic E-state index is 12.0. The number of rotatable bonds is 1. The second-order valence-electron chi connectivity index (χ2n) is 7.01. The molecule has 0 aromatic carbocycles. The van der Waals surface area contributed by atoms with E-state index in [1.54, 1.807) is 20.8 Å². The Bertz CT molecular complexity index is 401. The number of esters is 1. The quantitative estimate of drug-likeness (QED) is 0.548. The van der Waals surface area contributed by atoms with E-state index >= 15 is 0 Å². The van der Waals surface area contributed by atoms with E-state index in [1.165, 1.54) is 4.90 Å². The lowest BCUT2D eigenvalue weighted by molar-refractivity contribution is -0.157. The molecule has 1 aliphatic heterocycles. The summed E-state index contributed by atoms with van der Waals surface area (Å²) in [6, 6.07) is 0. The Balaban J connectivity index is 2.59. The van der Waals surface area contributed by atoms with Crippen molar-refractivity contribution >= 4 is 12.1 Å². The number of hydrogen-bond acceptors (Lipinski definition) is 4. The summed E-state index contributed by atoms with van der Waals surface area (Å²) < 4.78 is 10.7. The second kappa shape index (κ2) is 5.85. The number of carbonyl (C=O) groups is 2. The average Bonchev–Trinajstić information content (AvgIpc) is 2.25. The standard InChI is InChI=1S/C15H25NO4/c1-14(2,3)12(17)19-11-8-7-9-16(10-11)13(18)20-15(4,5)6/h7-8,11H,9-10H2,1-6H3/t11-/m0/s1. The number of hydrogen-bond donors (Lipinski definition) is 0. The van der Waals surface area contributed by atoms with Gasteiger partial charge in [-0.2, -0.15) is 0 Å². The molecular weight excluding hydrogens is 258 g/mol. The molecule has 1 atom stereocenters. The summed E-state index contributed by atoms with van der Waals surface area (Å²) in [6.45, 7) is 11.7. The van der Waals surface area contributed by atoms with Crippen molar-refractivity contribution < 1.29 is 19.1 Å². The monoisotopic (exact) mass is 283 g/mol. The molecule has 0 aromatic rings. The molecule has 1 heterocycles. The lowest BCUT2D eigenvalue weighted by Gasteiger charge is -2.31. The molecule has 0 bridgehead atoms. The van der Waals surface area contributed by atoms with Gasteiger partial charge in [0, 0.05) is 6.54 Å². The molecule has 0 spiro atoms. The van der Waals surface area contributed by atoms with Crippen LogP contribution in [0.2, 0.25) is 0 Å². The van der Waals surface area contributed by atoms with Crippen LogP contribution >= 0.6 is 0 Å². The Morgan fingerprint density at radius 3 is 2.25 bits per heavy atom. The first-order chi connectivity index (χ1) is 8.99. The van der Waals surface area contributed by atoms with Gasteiger partial charge >= 0.3 is 12.1 Å². The fraction of sp³-hybridized carbons (Fsp3) is 0.733. The molecule has 0 radical (unpaired) electrons. The van der Waals surface area contributed by atoms with Crippen molar-refractivity contribution in [2.24, 2.45) is 5.41 Å². The van der Waals surface area contributed by atoms with E-state index in [-0.39, 0.29) is 5.97 Å². The summed E-state index contributed by atoms with van der Waals surface area (Å²) >= 11 is 0. The van der Waals surface area contributed by atoms with Gasteiger partial charge in [0.1, 0.15) is 11.7 Å². The van der Waals surface area contributed by atoms with Crippen molar-refractivity contribution in [1.29, 1.82) is 0 Å². The predicted molar refractivity (Wildman–Crippen MR) is 76.3 cm³/mol.